The van der Waals surface area contributed by atoms with Crippen LogP contribution in [0.25, 0.3) is 0 Å². The summed E-state index contributed by atoms with van der Waals surface area (Å²) in [5.74, 6) is 0. The van der Waals surface area contributed by atoms with Crippen LogP contribution in [0, 0.1) is 0 Å². The first kappa shape index (κ1) is 42.9. The lowest BCUT2D eigenvalue weighted by Crippen LogP contribution is -1.91. The molecule has 0 radical (unpaired) electrons. The standard InChI is InChI=1S/C3H8O2.6C3H6/c1-5-3-2-4;6*1-3-2/h4H,2-3H2,1H3;6*3H,1H2,2H3. The van der Waals surface area contributed by atoms with Crippen LogP contribution in [-0.2, 0) is 4.74 Å². The van der Waals surface area contributed by atoms with Crippen LogP contribution in [0.5, 0.6) is 0 Å². The van der Waals surface area contributed by atoms with E-state index in [2.05, 4.69) is 44.2 Å². The van der Waals surface area contributed by atoms with Gasteiger partial charge in [0, 0.05) is 7.11 Å². The minimum Gasteiger partial charge on any atom is -0.394 e. The predicted molar refractivity (Wildman–Crippen MR) is 114 cm³/mol. The summed E-state index contributed by atoms with van der Waals surface area (Å²) in [6, 6.07) is 0. The lowest BCUT2D eigenvalue weighted by molar-refractivity contribution is 0.135. The van der Waals surface area contributed by atoms with E-state index in [9.17, 15) is 0 Å². The molecule has 0 aromatic rings. The van der Waals surface area contributed by atoms with Crippen molar-refractivity contribution in [3.05, 3.63) is 75.9 Å². The van der Waals surface area contributed by atoms with Gasteiger partial charge in [-0.05, 0) is 41.5 Å². The first-order valence-corrected chi connectivity index (χ1v) is 7.43. The zero-order valence-electron chi connectivity index (χ0n) is 17.0. The third kappa shape index (κ3) is 53000. The van der Waals surface area contributed by atoms with Gasteiger partial charge in [0.25, 0.3) is 0 Å². The Morgan fingerprint density at radius 3 is 0.739 bits per heavy atom. The van der Waals surface area contributed by atoms with Gasteiger partial charge in [0.2, 0.25) is 0 Å². The lowest BCUT2D eigenvalue weighted by atomic mass is 10.8. The summed E-state index contributed by atoms with van der Waals surface area (Å²) in [7, 11) is 1.55. The zero-order chi connectivity index (χ0) is 20.4. The summed E-state index contributed by atoms with van der Waals surface area (Å²) in [6.07, 6.45) is 10.5. The fraction of sp³-hybridized carbons (Fsp3) is 0.429. The van der Waals surface area contributed by atoms with E-state index in [-0.39, 0.29) is 6.61 Å². The molecule has 0 heterocycles. The fourth-order valence-electron chi connectivity index (χ4n) is 0.0913. The Morgan fingerprint density at radius 2 is 0.739 bits per heavy atom. The van der Waals surface area contributed by atoms with E-state index in [4.69, 9.17) is 5.11 Å². The summed E-state index contributed by atoms with van der Waals surface area (Å²) in [5.41, 5.74) is 0. The highest BCUT2D eigenvalue weighted by Gasteiger charge is 1.67. The molecule has 0 saturated heterocycles. The summed E-state index contributed by atoms with van der Waals surface area (Å²) in [6.45, 7) is 32.1. The predicted octanol–water partition coefficient (Wildman–Crippen LogP) is 6.78. The summed E-state index contributed by atoms with van der Waals surface area (Å²) < 4.78 is 4.44. The van der Waals surface area contributed by atoms with Crippen molar-refractivity contribution < 1.29 is 9.84 Å². The van der Waals surface area contributed by atoms with E-state index in [0.717, 1.165) is 0 Å². The number of ether oxygens (including phenoxy) is 1. The average molecular weight is 329 g/mol. The van der Waals surface area contributed by atoms with Gasteiger partial charge in [-0.3, -0.25) is 0 Å². The molecule has 1 N–H and O–H groups in total. The van der Waals surface area contributed by atoms with Gasteiger partial charge in [-0.1, -0.05) is 36.5 Å². The Bertz CT molecular complexity index is 134. The van der Waals surface area contributed by atoms with Gasteiger partial charge in [0.15, 0.2) is 0 Å². The fourth-order valence-corrected chi connectivity index (χ4v) is 0.0913. The molecule has 2 heteroatoms. The summed E-state index contributed by atoms with van der Waals surface area (Å²) in [5, 5.41) is 7.94. The molecule has 23 heavy (non-hydrogen) atoms. The van der Waals surface area contributed by atoms with E-state index in [1.54, 1.807) is 43.6 Å². The molecular weight excluding hydrogens is 284 g/mol. The molecule has 0 aromatic carbocycles. The zero-order valence-corrected chi connectivity index (χ0v) is 17.0. The molecule has 0 fully saturated rings. The monoisotopic (exact) mass is 328 g/mol. The first-order chi connectivity index (χ1) is 10.9. The van der Waals surface area contributed by atoms with Crippen molar-refractivity contribution in [1.82, 2.24) is 0 Å². The molecule has 0 atom stereocenters. The quantitative estimate of drug-likeness (QED) is 0.566. The second-order valence-electron chi connectivity index (χ2n) is 3.17. The number of hydrogen-bond acceptors (Lipinski definition) is 2. The highest BCUT2D eigenvalue weighted by atomic mass is 16.5. The minimum absolute atomic E-state index is 0.122. The van der Waals surface area contributed by atoms with Gasteiger partial charge in [-0.2, -0.15) is 0 Å². The van der Waals surface area contributed by atoms with Crippen LogP contribution < -0.4 is 0 Å². The second-order valence-corrected chi connectivity index (χ2v) is 3.17. The SMILES string of the molecule is C=CC.C=CC.C=CC.C=CC.C=CC.C=CC.COCCO. The van der Waals surface area contributed by atoms with Gasteiger partial charge in [-0.25, -0.2) is 0 Å². The Hall–Kier alpha value is -1.64. The van der Waals surface area contributed by atoms with E-state index in [0.29, 0.717) is 6.61 Å². The van der Waals surface area contributed by atoms with Gasteiger partial charge in [0.05, 0.1) is 13.2 Å². The molecule has 140 valence electrons. The molecular formula is C21H44O2. The molecule has 0 rings (SSSR count). The van der Waals surface area contributed by atoms with Crippen LogP contribution in [0.3, 0.4) is 0 Å². The highest BCUT2D eigenvalue weighted by Crippen LogP contribution is 1.56. The normalized spacial score (nSPS) is 5.22. The van der Waals surface area contributed by atoms with Gasteiger partial charge < -0.3 is 9.84 Å². The van der Waals surface area contributed by atoms with Crippen molar-refractivity contribution >= 4 is 0 Å². The third-order valence-corrected chi connectivity index (χ3v) is 0.295. The number of methoxy groups -OCH3 is 1. The van der Waals surface area contributed by atoms with Gasteiger partial charge in [-0.15, -0.1) is 39.5 Å². The van der Waals surface area contributed by atoms with Gasteiger partial charge in [0.1, 0.15) is 0 Å². The minimum atomic E-state index is 0.122. The number of aliphatic hydroxyl groups is 1. The number of allylic oxidation sites excluding steroid dienone is 6. The Balaban J connectivity index is -0.0000000263. The largest absolute Gasteiger partial charge is 0.394 e. The molecule has 0 spiro atoms. The van der Waals surface area contributed by atoms with Crippen molar-refractivity contribution in [2.75, 3.05) is 20.3 Å². The van der Waals surface area contributed by atoms with E-state index >= 15 is 0 Å². The Labute approximate surface area is 148 Å². The topological polar surface area (TPSA) is 29.5 Å². The molecule has 0 aliphatic carbocycles. The van der Waals surface area contributed by atoms with Crippen molar-refractivity contribution in [1.29, 1.82) is 0 Å². The van der Waals surface area contributed by atoms with E-state index in [1.807, 2.05) is 41.5 Å². The summed E-state index contributed by atoms with van der Waals surface area (Å²) in [4.78, 5) is 0. The summed E-state index contributed by atoms with van der Waals surface area (Å²) >= 11 is 0. The Kier molecular flexibility index (Phi) is 263. The number of aliphatic hydroxyl groups excluding tert-OH is 1. The first-order valence-electron chi connectivity index (χ1n) is 7.43. The number of rotatable bonds is 2. The van der Waals surface area contributed by atoms with Crippen molar-refractivity contribution in [3.8, 4) is 0 Å². The average Bonchev–Trinajstić information content (AvgIpc) is 2.45. The Morgan fingerprint density at radius 1 is 0.609 bits per heavy atom. The molecule has 0 aromatic heterocycles. The molecule has 0 aliphatic heterocycles. The maximum absolute atomic E-state index is 7.94. The lowest BCUT2D eigenvalue weighted by Gasteiger charge is -1.84. The van der Waals surface area contributed by atoms with Crippen molar-refractivity contribution in [3.63, 3.8) is 0 Å². The van der Waals surface area contributed by atoms with E-state index in [1.165, 1.54) is 0 Å². The number of hydrogen-bond donors (Lipinski definition) is 1. The van der Waals surface area contributed by atoms with Gasteiger partial charge >= 0.3 is 0 Å². The maximum Gasteiger partial charge on any atom is 0.0693 e. The van der Waals surface area contributed by atoms with Crippen molar-refractivity contribution in [2.45, 2.75) is 41.5 Å². The second kappa shape index (κ2) is 141. The molecule has 0 aliphatic rings. The van der Waals surface area contributed by atoms with Crippen molar-refractivity contribution in [2.24, 2.45) is 0 Å². The third-order valence-electron chi connectivity index (χ3n) is 0.295. The molecule has 0 bridgehead atoms. The van der Waals surface area contributed by atoms with Crippen LogP contribution in [0.1, 0.15) is 41.5 Å². The van der Waals surface area contributed by atoms with Crippen LogP contribution >= 0.6 is 0 Å². The molecule has 0 amide bonds. The van der Waals surface area contributed by atoms with Crippen LogP contribution in [0.15, 0.2) is 75.9 Å². The molecule has 2 nitrogen and oxygen atoms in total. The van der Waals surface area contributed by atoms with E-state index < -0.39 is 0 Å². The van der Waals surface area contributed by atoms with Crippen LogP contribution in [0.4, 0.5) is 0 Å². The molecule has 0 saturated carbocycles. The van der Waals surface area contributed by atoms with Crippen LogP contribution in [-0.4, -0.2) is 25.4 Å². The smallest absolute Gasteiger partial charge is 0.0693 e. The van der Waals surface area contributed by atoms with Crippen LogP contribution in [0.2, 0.25) is 0 Å². The molecule has 0 unspecified atom stereocenters. The highest BCUT2D eigenvalue weighted by molar-refractivity contribution is 4.53. The maximum atomic E-state index is 7.94.